The Morgan fingerprint density at radius 1 is 1.25 bits per heavy atom. The van der Waals surface area contributed by atoms with Crippen molar-refractivity contribution in [2.45, 2.75) is 6.61 Å². The van der Waals surface area contributed by atoms with E-state index in [4.69, 9.17) is 27.3 Å². The highest BCUT2D eigenvalue weighted by atomic mass is 127. The Balaban J connectivity index is 2.07. The van der Waals surface area contributed by atoms with Crippen molar-refractivity contribution in [3.8, 4) is 5.75 Å². The maximum Gasteiger partial charge on any atom is 0.171 e. The van der Waals surface area contributed by atoms with Gasteiger partial charge in [0.15, 0.2) is 5.84 Å². The molecule has 0 amide bonds. The summed E-state index contributed by atoms with van der Waals surface area (Å²) in [6.45, 7) is 0.455. The molecule has 0 spiro atoms. The number of rotatable bonds is 4. The van der Waals surface area contributed by atoms with E-state index in [-0.39, 0.29) is 5.84 Å². The van der Waals surface area contributed by atoms with Crippen LogP contribution in [-0.4, -0.2) is 11.0 Å². The Morgan fingerprint density at radius 3 is 2.55 bits per heavy atom. The Morgan fingerprint density at radius 2 is 1.95 bits per heavy atom. The number of ether oxygens (including phenoxy) is 1. The molecule has 0 fully saturated rings. The zero-order valence-corrected chi connectivity index (χ0v) is 13.3. The molecule has 0 aliphatic heterocycles. The zero-order valence-electron chi connectivity index (χ0n) is 10.4. The number of halogens is 2. The maximum absolute atomic E-state index is 8.63. The molecule has 6 heteroatoms. The summed E-state index contributed by atoms with van der Waals surface area (Å²) in [5, 5.41) is 11.9. The Hall–Kier alpha value is -1.47. The number of oxime groups is 1. The highest BCUT2D eigenvalue weighted by molar-refractivity contribution is 14.1. The third-order valence-corrected chi connectivity index (χ3v) is 3.67. The van der Waals surface area contributed by atoms with Crippen molar-refractivity contribution in [1.29, 1.82) is 0 Å². The number of benzene rings is 2. The van der Waals surface area contributed by atoms with Crippen molar-refractivity contribution in [1.82, 2.24) is 0 Å². The summed E-state index contributed by atoms with van der Waals surface area (Å²) in [4.78, 5) is 0. The third-order valence-electron chi connectivity index (χ3n) is 2.64. The van der Waals surface area contributed by atoms with Gasteiger partial charge in [0.1, 0.15) is 12.4 Å². The van der Waals surface area contributed by atoms with Gasteiger partial charge in [-0.3, -0.25) is 0 Å². The van der Waals surface area contributed by atoms with Crippen molar-refractivity contribution < 1.29 is 9.94 Å². The minimum absolute atomic E-state index is 0.0285. The van der Waals surface area contributed by atoms with Crippen LogP contribution in [0.4, 0.5) is 0 Å². The second-order valence-electron chi connectivity index (χ2n) is 4.04. The molecule has 20 heavy (non-hydrogen) atoms. The Kier molecular flexibility index (Phi) is 5.08. The lowest BCUT2D eigenvalue weighted by atomic mass is 10.2. The lowest BCUT2D eigenvalue weighted by Gasteiger charge is -2.08. The van der Waals surface area contributed by atoms with Gasteiger partial charge in [0.05, 0.1) is 5.02 Å². The fourth-order valence-corrected chi connectivity index (χ4v) is 2.22. The van der Waals surface area contributed by atoms with Crippen molar-refractivity contribution in [2.75, 3.05) is 0 Å². The molecule has 2 aromatic rings. The van der Waals surface area contributed by atoms with Gasteiger partial charge in [0, 0.05) is 9.13 Å². The van der Waals surface area contributed by atoms with Gasteiger partial charge in [-0.05, 0) is 58.5 Å². The minimum Gasteiger partial charge on any atom is -0.489 e. The van der Waals surface area contributed by atoms with Crippen LogP contribution in [-0.2, 0) is 6.61 Å². The molecule has 0 aliphatic carbocycles. The summed E-state index contributed by atoms with van der Waals surface area (Å²) in [5.41, 5.74) is 7.04. The average molecular weight is 403 g/mol. The first-order valence-electron chi connectivity index (χ1n) is 5.75. The highest BCUT2D eigenvalue weighted by Gasteiger charge is 2.07. The van der Waals surface area contributed by atoms with Gasteiger partial charge in [-0.15, -0.1) is 0 Å². The van der Waals surface area contributed by atoms with Crippen LogP contribution in [0.3, 0.4) is 0 Å². The van der Waals surface area contributed by atoms with Crippen LogP contribution in [0.15, 0.2) is 47.6 Å². The van der Waals surface area contributed by atoms with Crippen LogP contribution >= 0.6 is 34.2 Å². The van der Waals surface area contributed by atoms with E-state index in [2.05, 4.69) is 27.7 Å². The molecule has 0 heterocycles. The largest absolute Gasteiger partial charge is 0.489 e. The molecule has 4 nitrogen and oxygen atoms in total. The average Bonchev–Trinajstić information content (AvgIpc) is 2.46. The fraction of sp³-hybridized carbons (Fsp3) is 0.0714. The fourth-order valence-electron chi connectivity index (χ4n) is 1.59. The van der Waals surface area contributed by atoms with E-state index in [1.165, 1.54) is 3.57 Å². The third kappa shape index (κ3) is 3.77. The summed E-state index contributed by atoms with van der Waals surface area (Å²) < 4.78 is 6.83. The predicted octanol–water partition coefficient (Wildman–Crippen LogP) is 3.62. The van der Waals surface area contributed by atoms with E-state index in [9.17, 15) is 0 Å². The zero-order chi connectivity index (χ0) is 14.5. The van der Waals surface area contributed by atoms with Gasteiger partial charge in [0.2, 0.25) is 0 Å². The monoisotopic (exact) mass is 402 g/mol. The standard InChI is InChI=1S/C14H12ClIN2O2/c15-13-7-11(5-6-12(13)14(17)18-19)20-8-9-1-3-10(16)4-2-9/h1-7,19H,8H2,(H2,17,18). The maximum atomic E-state index is 8.63. The molecule has 104 valence electrons. The molecule has 0 saturated carbocycles. The molecule has 0 unspecified atom stereocenters. The van der Waals surface area contributed by atoms with Crippen LogP contribution in [0.2, 0.25) is 5.02 Å². The van der Waals surface area contributed by atoms with Crippen molar-refractivity contribution in [2.24, 2.45) is 10.9 Å². The molecule has 0 aliphatic rings. The summed E-state index contributed by atoms with van der Waals surface area (Å²) in [6.07, 6.45) is 0. The second kappa shape index (κ2) is 6.81. The topological polar surface area (TPSA) is 67.8 Å². The van der Waals surface area contributed by atoms with Crippen molar-refractivity contribution >= 4 is 40.0 Å². The van der Waals surface area contributed by atoms with Gasteiger partial charge in [-0.25, -0.2) is 0 Å². The smallest absolute Gasteiger partial charge is 0.171 e. The van der Waals surface area contributed by atoms with E-state index in [0.29, 0.717) is 22.9 Å². The normalized spacial score (nSPS) is 11.4. The van der Waals surface area contributed by atoms with Crippen LogP contribution in [0.1, 0.15) is 11.1 Å². The van der Waals surface area contributed by atoms with Crippen molar-refractivity contribution in [3.63, 3.8) is 0 Å². The van der Waals surface area contributed by atoms with Gasteiger partial charge in [-0.1, -0.05) is 28.9 Å². The van der Waals surface area contributed by atoms with Crippen LogP contribution in [0.25, 0.3) is 0 Å². The van der Waals surface area contributed by atoms with E-state index < -0.39 is 0 Å². The molecule has 0 aromatic heterocycles. The summed E-state index contributed by atoms with van der Waals surface area (Å²) in [5.74, 6) is 0.599. The van der Waals surface area contributed by atoms with E-state index in [0.717, 1.165) is 5.56 Å². The van der Waals surface area contributed by atoms with Crippen LogP contribution in [0.5, 0.6) is 5.75 Å². The highest BCUT2D eigenvalue weighted by Crippen LogP contribution is 2.23. The lowest BCUT2D eigenvalue weighted by molar-refractivity contribution is 0.306. The molecule has 0 atom stereocenters. The first-order chi connectivity index (χ1) is 9.60. The molecule has 0 bridgehead atoms. The lowest BCUT2D eigenvalue weighted by Crippen LogP contribution is -2.13. The molecule has 2 aromatic carbocycles. The minimum atomic E-state index is -0.0285. The number of hydrogen-bond donors (Lipinski definition) is 2. The molecule has 0 saturated heterocycles. The van der Waals surface area contributed by atoms with Gasteiger partial charge in [0.25, 0.3) is 0 Å². The van der Waals surface area contributed by atoms with Crippen LogP contribution < -0.4 is 10.5 Å². The molecule has 2 rings (SSSR count). The quantitative estimate of drug-likeness (QED) is 0.270. The number of nitrogens with zero attached hydrogens (tertiary/aromatic N) is 1. The van der Waals surface area contributed by atoms with E-state index in [1.807, 2.05) is 24.3 Å². The van der Waals surface area contributed by atoms with Gasteiger partial charge < -0.3 is 15.7 Å². The Labute approximate surface area is 135 Å². The first-order valence-corrected chi connectivity index (χ1v) is 7.20. The molecular weight excluding hydrogens is 391 g/mol. The number of hydrogen-bond acceptors (Lipinski definition) is 3. The summed E-state index contributed by atoms with van der Waals surface area (Å²) in [6, 6.07) is 13.1. The van der Waals surface area contributed by atoms with Crippen molar-refractivity contribution in [3.05, 3.63) is 62.2 Å². The SMILES string of the molecule is N/C(=N/O)c1ccc(OCc2ccc(I)cc2)cc1Cl. The first kappa shape index (κ1) is 14.9. The molecule has 3 N–H and O–H groups in total. The Bertz CT molecular complexity index is 630. The summed E-state index contributed by atoms with van der Waals surface area (Å²) in [7, 11) is 0. The van der Waals surface area contributed by atoms with E-state index >= 15 is 0 Å². The van der Waals surface area contributed by atoms with Crippen LogP contribution in [0, 0.1) is 3.57 Å². The molecular formula is C14H12ClIN2O2. The van der Waals surface area contributed by atoms with Gasteiger partial charge in [-0.2, -0.15) is 0 Å². The predicted molar refractivity (Wildman–Crippen MR) is 87.5 cm³/mol. The van der Waals surface area contributed by atoms with E-state index in [1.54, 1.807) is 18.2 Å². The number of amidine groups is 1. The second-order valence-corrected chi connectivity index (χ2v) is 5.69. The number of nitrogens with two attached hydrogens (primary N) is 1. The summed E-state index contributed by atoms with van der Waals surface area (Å²) >= 11 is 8.30. The molecule has 0 radical (unpaired) electrons. The van der Waals surface area contributed by atoms with Gasteiger partial charge >= 0.3 is 0 Å².